The lowest BCUT2D eigenvalue weighted by molar-refractivity contribution is 0.102. The molecule has 1 aliphatic rings. The number of fused-ring (bicyclic) bond motifs is 1. The molecule has 178 valence electrons. The number of amides is 1. The van der Waals surface area contributed by atoms with Crippen molar-refractivity contribution in [3.05, 3.63) is 60.4 Å². The van der Waals surface area contributed by atoms with Crippen LogP contribution < -0.4 is 16.0 Å². The van der Waals surface area contributed by atoms with Gasteiger partial charge in [-0.1, -0.05) is 6.58 Å². The summed E-state index contributed by atoms with van der Waals surface area (Å²) in [4.78, 5) is 29.9. The van der Waals surface area contributed by atoms with Gasteiger partial charge in [0.25, 0.3) is 5.91 Å². The summed E-state index contributed by atoms with van der Waals surface area (Å²) in [5, 5.41) is 15.7. The Morgan fingerprint density at radius 3 is 2.91 bits per heavy atom. The third-order valence-electron chi connectivity index (χ3n) is 5.40. The summed E-state index contributed by atoms with van der Waals surface area (Å²) in [6.07, 6.45) is 3.75. The van der Waals surface area contributed by atoms with Gasteiger partial charge < -0.3 is 20.7 Å². The van der Waals surface area contributed by atoms with Gasteiger partial charge in [-0.2, -0.15) is 5.10 Å². The van der Waals surface area contributed by atoms with Gasteiger partial charge in [0.15, 0.2) is 11.6 Å². The fourth-order valence-corrected chi connectivity index (χ4v) is 3.53. The van der Waals surface area contributed by atoms with E-state index in [2.05, 4.69) is 52.7 Å². The number of allylic oxidation sites excluding steroid dienone is 1. The number of carbonyl (C=O) groups excluding carboxylic acids is 1. The van der Waals surface area contributed by atoms with Gasteiger partial charge in [-0.05, 0) is 37.1 Å². The van der Waals surface area contributed by atoms with Gasteiger partial charge >= 0.3 is 0 Å². The van der Waals surface area contributed by atoms with E-state index in [0.29, 0.717) is 41.7 Å². The maximum absolute atomic E-state index is 14.7. The molecular weight excluding hydrogens is 453 g/mol. The number of nitrogens with zero attached hydrogens (tertiary/aromatic N) is 5. The highest BCUT2D eigenvalue weighted by Crippen LogP contribution is 2.25. The summed E-state index contributed by atoms with van der Waals surface area (Å²) < 4.78 is 20.0. The summed E-state index contributed by atoms with van der Waals surface area (Å²) >= 11 is 0. The number of aromatic amines is 1. The summed E-state index contributed by atoms with van der Waals surface area (Å²) in [6.45, 7) is 6.90. The fraction of sp³-hybridized carbons (Fsp3) is 0.217. The van der Waals surface area contributed by atoms with E-state index in [1.165, 1.54) is 24.5 Å². The van der Waals surface area contributed by atoms with Crippen LogP contribution in [-0.4, -0.2) is 55.3 Å². The number of hydrogen-bond donors (Lipinski definition) is 4. The van der Waals surface area contributed by atoms with E-state index in [9.17, 15) is 9.18 Å². The predicted octanol–water partition coefficient (Wildman–Crippen LogP) is 3.51. The van der Waals surface area contributed by atoms with Crippen molar-refractivity contribution in [2.75, 3.05) is 29.2 Å². The zero-order chi connectivity index (χ0) is 24.4. The molecular formula is C23H22FN9O2. The van der Waals surface area contributed by atoms with E-state index in [4.69, 9.17) is 4.74 Å². The van der Waals surface area contributed by atoms with Crippen LogP contribution in [0.1, 0.15) is 29.4 Å². The lowest BCUT2D eigenvalue weighted by Gasteiger charge is -2.13. The summed E-state index contributed by atoms with van der Waals surface area (Å²) in [5.74, 6) is -0.00954. The van der Waals surface area contributed by atoms with Crippen LogP contribution in [0.3, 0.4) is 0 Å². The molecule has 0 spiro atoms. The Morgan fingerprint density at radius 1 is 1.26 bits per heavy atom. The minimum atomic E-state index is -0.562. The Bertz CT molecular complexity index is 1420. The first-order valence-electron chi connectivity index (χ1n) is 10.9. The molecule has 4 heterocycles. The number of halogens is 1. The SMILES string of the molecule is C=C(C)c1cc(NC(=O)c2ccc(F)c(Nc3ncnc4cnc(NC5CCOC5)nc34)c2)n[nH]1. The average molecular weight is 475 g/mol. The van der Waals surface area contributed by atoms with Crippen molar-refractivity contribution in [1.29, 1.82) is 0 Å². The number of hydrogen-bond acceptors (Lipinski definition) is 9. The van der Waals surface area contributed by atoms with Gasteiger partial charge in [0.2, 0.25) is 5.95 Å². The second-order valence-electron chi connectivity index (χ2n) is 8.08. The topological polar surface area (TPSA) is 143 Å². The number of rotatable bonds is 7. The lowest BCUT2D eigenvalue weighted by atomic mass is 10.1. The number of H-pyrrole nitrogens is 1. The van der Waals surface area contributed by atoms with Crippen LogP contribution in [0.15, 0.2) is 43.4 Å². The van der Waals surface area contributed by atoms with Crippen LogP contribution in [0.25, 0.3) is 16.6 Å². The van der Waals surface area contributed by atoms with E-state index in [1.807, 2.05) is 6.92 Å². The van der Waals surface area contributed by atoms with E-state index in [-0.39, 0.29) is 23.1 Å². The molecule has 1 unspecified atom stereocenters. The van der Waals surface area contributed by atoms with E-state index in [0.717, 1.165) is 12.0 Å². The van der Waals surface area contributed by atoms with Crippen LogP contribution in [0.2, 0.25) is 0 Å². The van der Waals surface area contributed by atoms with Crippen molar-refractivity contribution in [1.82, 2.24) is 30.1 Å². The first-order chi connectivity index (χ1) is 17.0. The maximum Gasteiger partial charge on any atom is 0.256 e. The molecule has 1 amide bonds. The molecule has 1 aliphatic heterocycles. The minimum Gasteiger partial charge on any atom is -0.379 e. The summed E-state index contributed by atoms with van der Waals surface area (Å²) in [5.41, 5.74) is 2.65. The highest BCUT2D eigenvalue weighted by Gasteiger charge is 2.18. The molecule has 35 heavy (non-hydrogen) atoms. The molecule has 0 bridgehead atoms. The number of aromatic nitrogens is 6. The second kappa shape index (κ2) is 9.43. The van der Waals surface area contributed by atoms with E-state index >= 15 is 0 Å². The summed E-state index contributed by atoms with van der Waals surface area (Å²) in [6, 6.07) is 5.75. The molecule has 12 heteroatoms. The molecule has 5 rings (SSSR count). The van der Waals surface area contributed by atoms with Gasteiger partial charge in [-0.15, -0.1) is 0 Å². The maximum atomic E-state index is 14.7. The zero-order valence-electron chi connectivity index (χ0n) is 18.8. The highest BCUT2D eigenvalue weighted by molar-refractivity contribution is 6.04. The average Bonchev–Trinajstić information content (AvgIpc) is 3.53. The van der Waals surface area contributed by atoms with Gasteiger partial charge in [0.05, 0.1) is 30.2 Å². The van der Waals surface area contributed by atoms with Crippen LogP contribution in [-0.2, 0) is 4.74 Å². The van der Waals surface area contributed by atoms with Gasteiger partial charge in [0.1, 0.15) is 23.2 Å². The van der Waals surface area contributed by atoms with E-state index in [1.54, 1.807) is 12.3 Å². The Morgan fingerprint density at radius 2 is 2.14 bits per heavy atom. The molecule has 1 saturated heterocycles. The standard InChI is InChI=1S/C23H22FN9O2/c1-12(2)16-8-19(33-32-16)30-22(34)13-3-4-15(24)17(7-13)29-21-20-18(26-11-27-21)9-25-23(31-20)28-14-5-6-35-10-14/h3-4,7-9,11,14H,1,5-6,10H2,2H3,(H,25,28,31)(H,26,27,29)(H2,30,32,33,34). The Labute approximate surface area is 199 Å². The predicted molar refractivity (Wildman–Crippen MR) is 129 cm³/mol. The first-order valence-corrected chi connectivity index (χ1v) is 10.9. The molecule has 3 aromatic heterocycles. The molecule has 1 atom stereocenters. The van der Waals surface area contributed by atoms with Crippen molar-refractivity contribution in [2.24, 2.45) is 0 Å². The Kier molecular flexibility index (Phi) is 6.02. The largest absolute Gasteiger partial charge is 0.379 e. The Balaban J connectivity index is 1.39. The van der Waals surface area contributed by atoms with Crippen LogP contribution in [0.4, 0.5) is 27.7 Å². The molecule has 11 nitrogen and oxygen atoms in total. The molecule has 4 N–H and O–H groups in total. The fourth-order valence-electron chi connectivity index (χ4n) is 3.53. The van der Waals surface area contributed by atoms with Crippen LogP contribution in [0.5, 0.6) is 0 Å². The third kappa shape index (κ3) is 4.92. The van der Waals surface area contributed by atoms with Gasteiger partial charge in [0, 0.05) is 18.2 Å². The second-order valence-corrected chi connectivity index (χ2v) is 8.08. The van der Waals surface area contributed by atoms with E-state index < -0.39 is 11.7 Å². The molecule has 1 fully saturated rings. The molecule has 0 saturated carbocycles. The van der Waals surface area contributed by atoms with Gasteiger partial charge in [-0.25, -0.2) is 24.3 Å². The van der Waals surface area contributed by atoms with Crippen molar-refractivity contribution in [3.8, 4) is 0 Å². The first kappa shape index (κ1) is 22.3. The zero-order valence-corrected chi connectivity index (χ0v) is 18.8. The number of benzene rings is 1. The quantitative estimate of drug-likeness (QED) is 0.316. The summed E-state index contributed by atoms with van der Waals surface area (Å²) in [7, 11) is 0. The normalized spacial score (nSPS) is 15.2. The molecule has 0 aliphatic carbocycles. The minimum absolute atomic E-state index is 0.0552. The monoisotopic (exact) mass is 475 g/mol. The third-order valence-corrected chi connectivity index (χ3v) is 5.40. The number of ether oxygens (including phenoxy) is 1. The smallest absolute Gasteiger partial charge is 0.256 e. The van der Waals surface area contributed by atoms with Gasteiger partial charge in [-0.3, -0.25) is 9.89 Å². The number of nitrogens with one attached hydrogen (secondary N) is 4. The van der Waals surface area contributed by atoms with Crippen molar-refractivity contribution < 1.29 is 13.9 Å². The van der Waals surface area contributed by atoms with Crippen molar-refractivity contribution in [2.45, 2.75) is 19.4 Å². The van der Waals surface area contributed by atoms with Crippen molar-refractivity contribution in [3.63, 3.8) is 0 Å². The lowest BCUT2D eigenvalue weighted by Crippen LogP contribution is -2.20. The number of anilines is 4. The van der Waals surface area contributed by atoms with Crippen molar-refractivity contribution >= 4 is 45.8 Å². The molecule has 0 radical (unpaired) electrons. The number of carbonyl (C=O) groups is 1. The van der Waals surface area contributed by atoms with Crippen LogP contribution in [0, 0.1) is 5.82 Å². The molecule has 1 aromatic carbocycles. The molecule has 4 aromatic rings. The Hall–Kier alpha value is -4.45. The van der Waals surface area contributed by atoms with Crippen LogP contribution >= 0.6 is 0 Å². The highest BCUT2D eigenvalue weighted by atomic mass is 19.1.